The van der Waals surface area contributed by atoms with Crippen LogP contribution >= 0.6 is 0 Å². The van der Waals surface area contributed by atoms with Gasteiger partial charge in [0.1, 0.15) is 11.9 Å². The standard InChI is InChI=1S/C19H18F2O4/c1-11(13-3-2-4-14(9-13)24-10-12-5-6-12)25-16-8-7-15(19(22)23)17(20)18(16)21/h2-4,7-9,11-12H,5-6,10H2,1H3,(H,22,23). The number of carboxylic acid groups (broad SMARTS) is 1. The zero-order valence-electron chi connectivity index (χ0n) is 13.7. The highest BCUT2D eigenvalue weighted by Crippen LogP contribution is 2.31. The predicted molar refractivity (Wildman–Crippen MR) is 87.0 cm³/mol. The SMILES string of the molecule is CC(Oc1ccc(C(=O)O)c(F)c1F)c1cccc(OCC2CC2)c1. The number of benzene rings is 2. The van der Waals surface area contributed by atoms with Crippen LogP contribution in [0.15, 0.2) is 36.4 Å². The first kappa shape index (κ1) is 17.2. The van der Waals surface area contributed by atoms with Crippen molar-refractivity contribution in [3.05, 3.63) is 59.2 Å². The maximum absolute atomic E-state index is 14.0. The lowest BCUT2D eigenvalue weighted by Crippen LogP contribution is -2.08. The van der Waals surface area contributed by atoms with Crippen molar-refractivity contribution in [2.45, 2.75) is 25.9 Å². The molecule has 0 heterocycles. The van der Waals surface area contributed by atoms with E-state index in [0.29, 0.717) is 18.3 Å². The second-order valence-electron chi connectivity index (χ2n) is 6.13. The molecule has 0 amide bonds. The van der Waals surface area contributed by atoms with Crippen LogP contribution in [0.1, 0.15) is 41.8 Å². The number of carbonyl (C=O) groups is 1. The largest absolute Gasteiger partial charge is 0.493 e. The van der Waals surface area contributed by atoms with Gasteiger partial charge in [-0.1, -0.05) is 12.1 Å². The monoisotopic (exact) mass is 348 g/mol. The summed E-state index contributed by atoms with van der Waals surface area (Å²) in [5, 5.41) is 8.80. The summed E-state index contributed by atoms with van der Waals surface area (Å²) in [5.74, 6) is -3.28. The summed E-state index contributed by atoms with van der Waals surface area (Å²) >= 11 is 0. The van der Waals surface area contributed by atoms with Gasteiger partial charge in [-0.15, -0.1) is 0 Å². The van der Waals surface area contributed by atoms with E-state index in [4.69, 9.17) is 14.6 Å². The van der Waals surface area contributed by atoms with Crippen molar-refractivity contribution < 1.29 is 28.2 Å². The van der Waals surface area contributed by atoms with Gasteiger partial charge >= 0.3 is 5.97 Å². The average molecular weight is 348 g/mol. The Morgan fingerprint density at radius 1 is 1.24 bits per heavy atom. The lowest BCUT2D eigenvalue weighted by atomic mass is 10.1. The fourth-order valence-corrected chi connectivity index (χ4v) is 2.40. The van der Waals surface area contributed by atoms with Crippen LogP contribution in [0.25, 0.3) is 0 Å². The summed E-state index contributed by atoms with van der Waals surface area (Å²) in [7, 11) is 0. The molecule has 1 fully saturated rings. The van der Waals surface area contributed by atoms with E-state index in [9.17, 15) is 13.6 Å². The fourth-order valence-electron chi connectivity index (χ4n) is 2.40. The Morgan fingerprint density at radius 3 is 2.68 bits per heavy atom. The lowest BCUT2D eigenvalue weighted by molar-refractivity contribution is 0.0690. The van der Waals surface area contributed by atoms with E-state index in [0.717, 1.165) is 17.7 Å². The molecule has 0 bridgehead atoms. The molecule has 0 spiro atoms. The average Bonchev–Trinajstić information content (AvgIpc) is 3.41. The molecule has 1 aliphatic carbocycles. The second-order valence-corrected chi connectivity index (χ2v) is 6.13. The molecule has 0 aliphatic heterocycles. The van der Waals surface area contributed by atoms with Crippen LogP contribution in [0.5, 0.6) is 11.5 Å². The highest BCUT2D eigenvalue weighted by Gasteiger charge is 2.22. The molecule has 0 saturated heterocycles. The molecule has 6 heteroatoms. The van der Waals surface area contributed by atoms with Crippen LogP contribution in [0.3, 0.4) is 0 Å². The van der Waals surface area contributed by atoms with Gasteiger partial charge in [0.05, 0.1) is 12.2 Å². The van der Waals surface area contributed by atoms with Crippen molar-refractivity contribution in [1.29, 1.82) is 0 Å². The van der Waals surface area contributed by atoms with Gasteiger partial charge in [0.25, 0.3) is 0 Å². The number of rotatable bonds is 7. The number of hydrogen-bond acceptors (Lipinski definition) is 3. The van der Waals surface area contributed by atoms with Crippen LogP contribution in [0, 0.1) is 17.6 Å². The van der Waals surface area contributed by atoms with Gasteiger partial charge in [0, 0.05) is 0 Å². The number of aromatic carboxylic acids is 1. The third-order valence-corrected chi connectivity index (χ3v) is 4.09. The van der Waals surface area contributed by atoms with E-state index in [1.54, 1.807) is 19.1 Å². The number of hydrogen-bond donors (Lipinski definition) is 1. The molecule has 1 atom stereocenters. The molecule has 0 radical (unpaired) electrons. The Balaban J connectivity index is 1.73. The first-order valence-electron chi connectivity index (χ1n) is 8.06. The predicted octanol–water partition coefficient (Wildman–Crippen LogP) is 4.59. The van der Waals surface area contributed by atoms with Crippen LogP contribution < -0.4 is 9.47 Å². The molecule has 2 aromatic rings. The summed E-state index contributed by atoms with van der Waals surface area (Å²) in [6, 6.07) is 9.34. The van der Waals surface area contributed by atoms with Gasteiger partial charge in [-0.25, -0.2) is 9.18 Å². The summed E-state index contributed by atoms with van der Waals surface area (Å²) in [6.45, 7) is 2.37. The quantitative estimate of drug-likeness (QED) is 0.795. The van der Waals surface area contributed by atoms with Crippen LogP contribution in [0.4, 0.5) is 8.78 Å². The Bertz CT molecular complexity index is 787. The molecular weight excluding hydrogens is 330 g/mol. The van der Waals surface area contributed by atoms with Gasteiger partial charge in [0.15, 0.2) is 11.6 Å². The Hall–Kier alpha value is -2.63. The maximum atomic E-state index is 14.0. The van der Waals surface area contributed by atoms with E-state index in [2.05, 4.69) is 0 Å². The van der Waals surface area contributed by atoms with Gasteiger partial charge in [-0.2, -0.15) is 4.39 Å². The maximum Gasteiger partial charge on any atom is 0.338 e. The van der Waals surface area contributed by atoms with Crippen LogP contribution in [0.2, 0.25) is 0 Å². The van der Waals surface area contributed by atoms with Crippen molar-refractivity contribution in [2.24, 2.45) is 5.92 Å². The summed E-state index contributed by atoms with van der Waals surface area (Å²) < 4.78 is 38.9. The Kier molecular flexibility index (Phi) is 4.88. The Morgan fingerprint density at radius 2 is 2.00 bits per heavy atom. The van der Waals surface area contributed by atoms with Gasteiger partial charge in [-0.3, -0.25) is 0 Å². The number of carboxylic acids is 1. The lowest BCUT2D eigenvalue weighted by Gasteiger charge is -2.17. The highest BCUT2D eigenvalue weighted by molar-refractivity contribution is 5.88. The first-order chi connectivity index (χ1) is 12.0. The molecule has 1 saturated carbocycles. The topological polar surface area (TPSA) is 55.8 Å². The van der Waals surface area contributed by atoms with E-state index < -0.39 is 29.3 Å². The molecule has 0 aromatic heterocycles. The fraction of sp³-hybridized carbons (Fsp3) is 0.316. The molecule has 1 N–H and O–H groups in total. The molecule has 2 aromatic carbocycles. The zero-order valence-corrected chi connectivity index (χ0v) is 13.7. The van der Waals surface area contributed by atoms with Crippen molar-refractivity contribution >= 4 is 5.97 Å². The van der Waals surface area contributed by atoms with Crippen LogP contribution in [-0.4, -0.2) is 17.7 Å². The smallest absolute Gasteiger partial charge is 0.338 e. The van der Waals surface area contributed by atoms with E-state index in [1.807, 2.05) is 12.1 Å². The van der Waals surface area contributed by atoms with Crippen molar-refractivity contribution in [2.75, 3.05) is 6.61 Å². The van der Waals surface area contributed by atoms with E-state index in [-0.39, 0.29) is 5.75 Å². The zero-order chi connectivity index (χ0) is 18.0. The van der Waals surface area contributed by atoms with E-state index >= 15 is 0 Å². The molecule has 4 nitrogen and oxygen atoms in total. The molecule has 3 rings (SSSR count). The third kappa shape index (κ3) is 4.07. The molecule has 132 valence electrons. The molecular formula is C19H18F2O4. The number of ether oxygens (including phenoxy) is 2. The van der Waals surface area contributed by atoms with Crippen LogP contribution in [-0.2, 0) is 0 Å². The highest BCUT2D eigenvalue weighted by atomic mass is 19.2. The van der Waals surface area contributed by atoms with Gasteiger partial charge in [0.2, 0.25) is 5.82 Å². The third-order valence-electron chi connectivity index (χ3n) is 4.09. The minimum Gasteiger partial charge on any atom is -0.493 e. The molecule has 1 unspecified atom stereocenters. The minimum absolute atomic E-state index is 0.334. The summed E-state index contributed by atoms with van der Waals surface area (Å²) in [5.41, 5.74) is 0.0170. The Labute approximate surface area is 144 Å². The first-order valence-corrected chi connectivity index (χ1v) is 8.06. The summed E-state index contributed by atoms with van der Waals surface area (Å²) in [4.78, 5) is 10.8. The van der Waals surface area contributed by atoms with Crippen molar-refractivity contribution in [3.63, 3.8) is 0 Å². The summed E-state index contributed by atoms with van der Waals surface area (Å²) in [6.07, 6.45) is 1.82. The normalized spacial score (nSPS) is 14.8. The minimum atomic E-state index is -1.53. The van der Waals surface area contributed by atoms with Crippen molar-refractivity contribution in [1.82, 2.24) is 0 Å². The van der Waals surface area contributed by atoms with E-state index in [1.165, 1.54) is 12.8 Å². The second kappa shape index (κ2) is 7.09. The molecule has 25 heavy (non-hydrogen) atoms. The molecule has 1 aliphatic rings. The van der Waals surface area contributed by atoms with Gasteiger partial charge in [-0.05, 0) is 55.5 Å². The van der Waals surface area contributed by atoms with Gasteiger partial charge < -0.3 is 14.6 Å². The number of halogens is 2. The van der Waals surface area contributed by atoms with Crippen molar-refractivity contribution in [3.8, 4) is 11.5 Å².